The fourth-order valence-corrected chi connectivity index (χ4v) is 4.62. The minimum Gasteiger partial charge on any atom is -0.436 e. The van der Waals surface area contributed by atoms with Gasteiger partial charge in [0.25, 0.3) is 0 Å². The van der Waals surface area contributed by atoms with Crippen molar-refractivity contribution in [3.05, 3.63) is 84.4 Å². The number of fused-ring (bicyclic) bond motifs is 1. The minimum atomic E-state index is -0.352. The van der Waals surface area contributed by atoms with Crippen molar-refractivity contribution < 1.29 is 14.0 Å². The van der Waals surface area contributed by atoms with Crippen LogP contribution in [0.3, 0.4) is 0 Å². The number of carbonyl (C=O) groups excluding carboxylic acids is 2. The number of oxazole rings is 1. The van der Waals surface area contributed by atoms with Gasteiger partial charge in [-0.15, -0.1) is 11.8 Å². The Kier molecular flexibility index (Phi) is 4.85. The van der Waals surface area contributed by atoms with Crippen molar-refractivity contribution in [2.24, 2.45) is 0 Å². The first kappa shape index (κ1) is 18.6. The fourth-order valence-electron chi connectivity index (χ4n) is 3.53. The standard InChI is InChI=1S/C24H18N2O3S/c27-22-14-21(30-15-16-6-2-1-3-7-16)24(28)26(22)18-12-10-17(11-13-18)23-25-19-8-4-5-9-20(19)29-23/h1-13,21H,14-15H2. The summed E-state index contributed by atoms with van der Waals surface area (Å²) in [7, 11) is 0. The van der Waals surface area contributed by atoms with Crippen LogP contribution in [-0.4, -0.2) is 22.0 Å². The summed E-state index contributed by atoms with van der Waals surface area (Å²) in [6.07, 6.45) is 0.225. The number of hydrogen-bond donors (Lipinski definition) is 0. The molecule has 0 spiro atoms. The molecule has 0 N–H and O–H groups in total. The van der Waals surface area contributed by atoms with Crippen LogP contribution in [0, 0.1) is 0 Å². The van der Waals surface area contributed by atoms with Crippen molar-refractivity contribution in [1.82, 2.24) is 4.98 Å². The zero-order valence-electron chi connectivity index (χ0n) is 16.0. The second kappa shape index (κ2) is 7.80. The molecule has 5 rings (SSSR count). The van der Waals surface area contributed by atoms with Crippen molar-refractivity contribution in [2.45, 2.75) is 17.4 Å². The van der Waals surface area contributed by atoms with Crippen LogP contribution in [0.2, 0.25) is 0 Å². The summed E-state index contributed by atoms with van der Waals surface area (Å²) in [6, 6.07) is 24.7. The van der Waals surface area contributed by atoms with Gasteiger partial charge in [-0.05, 0) is 42.0 Å². The van der Waals surface area contributed by atoms with Gasteiger partial charge in [0.1, 0.15) is 5.52 Å². The van der Waals surface area contributed by atoms with E-state index in [9.17, 15) is 9.59 Å². The molecule has 1 aromatic heterocycles. The van der Waals surface area contributed by atoms with Gasteiger partial charge in [-0.3, -0.25) is 9.59 Å². The molecule has 2 heterocycles. The third-order valence-electron chi connectivity index (χ3n) is 5.07. The van der Waals surface area contributed by atoms with E-state index in [1.165, 1.54) is 16.7 Å². The molecule has 1 aliphatic rings. The van der Waals surface area contributed by atoms with Crippen molar-refractivity contribution in [3.8, 4) is 11.5 Å². The third-order valence-corrected chi connectivity index (χ3v) is 6.34. The number of rotatable bonds is 5. The molecule has 3 aromatic carbocycles. The zero-order chi connectivity index (χ0) is 20.5. The van der Waals surface area contributed by atoms with Crippen LogP contribution < -0.4 is 4.90 Å². The number of amides is 2. The van der Waals surface area contributed by atoms with Crippen LogP contribution in [0.5, 0.6) is 0 Å². The van der Waals surface area contributed by atoms with Crippen LogP contribution in [-0.2, 0) is 15.3 Å². The summed E-state index contributed by atoms with van der Waals surface area (Å²) in [4.78, 5) is 31.2. The Morgan fingerprint density at radius 3 is 2.43 bits per heavy atom. The van der Waals surface area contributed by atoms with Crippen molar-refractivity contribution >= 4 is 40.4 Å². The number of thioether (sulfide) groups is 1. The third kappa shape index (κ3) is 3.50. The molecule has 4 aromatic rings. The summed E-state index contributed by atoms with van der Waals surface area (Å²) in [6.45, 7) is 0. The normalized spacial score (nSPS) is 16.5. The Bertz CT molecular complexity index is 1190. The lowest BCUT2D eigenvalue weighted by molar-refractivity contribution is -0.121. The number of imide groups is 1. The maximum absolute atomic E-state index is 12.9. The van der Waals surface area contributed by atoms with Gasteiger partial charge in [0.05, 0.1) is 10.9 Å². The van der Waals surface area contributed by atoms with Crippen LogP contribution in [0.15, 0.2) is 83.3 Å². The molecular weight excluding hydrogens is 396 g/mol. The topological polar surface area (TPSA) is 63.4 Å². The molecule has 1 unspecified atom stereocenters. The lowest BCUT2D eigenvalue weighted by Crippen LogP contribution is -2.31. The number of anilines is 1. The molecule has 1 fully saturated rings. The van der Waals surface area contributed by atoms with Crippen molar-refractivity contribution in [2.75, 3.05) is 4.90 Å². The van der Waals surface area contributed by atoms with E-state index in [1.54, 1.807) is 12.1 Å². The van der Waals surface area contributed by atoms with Crippen molar-refractivity contribution in [3.63, 3.8) is 0 Å². The lowest BCUT2D eigenvalue weighted by Gasteiger charge is -2.15. The van der Waals surface area contributed by atoms with Gasteiger partial charge in [-0.1, -0.05) is 42.5 Å². The summed E-state index contributed by atoms with van der Waals surface area (Å²) in [5, 5.41) is -0.352. The second-order valence-corrected chi connectivity index (χ2v) is 8.28. The quantitative estimate of drug-likeness (QED) is 0.427. The summed E-state index contributed by atoms with van der Waals surface area (Å²) < 4.78 is 5.79. The Morgan fingerprint density at radius 1 is 0.933 bits per heavy atom. The molecule has 2 amide bonds. The first-order valence-electron chi connectivity index (χ1n) is 9.67. The average molecular weight is 414 g/mol. The Labute approximate surface area is 177 Å². The van der Waals surface area contributed by atoms with E-state index in [0.717, 1.165) is 22.2 Å². The van der Waals surface area contributed by atoms with E-state index >= 15 is 0 Å². The van der Waals surface area contributed by atoms with Gasteiger partial charge in [-0.25, -0.2) is 9.88 Å². The minimum absolute atomic E-state index is 0.157. The number of hydrogen-bond acceptors (Lipinski definition) is 5. The van der Waals surface area contributed by atoms with Crippen LogP contribution in [0.4, 0.5) is 5.69 Å². The molecule has 0 radical (unpaired) electrons. The van der Waals surface area contributed by atoms with Gasteiger partial charge >= 0.3 is 0 Å². The SMILES string of the molecule is O=C1CC(SCc2ccccc2)C(=O)N1c1ccc(-c2nc3ccccc3o2)cc1. The number of para-hydroxylation sites is 2. The highest BCUT2D eigenvalue weighted by Crippen LogP contribution is 2.33. The summed E-state index contributed by atoms with van der Waals surface area (Å²) in [5.41, 5.74) is 4.03. The molecule has 148 valence electrons. The molecule has 1 saturated heterocycles. The molecule has 0 aliphatic carbocycles. The highest BCUT2D eigenvalue weighted by molar-refractivity contribution is 7.99. The second-order valence-electron chi connectivity index (χ2n) is 7.09. The monoisotopic (exact) mass is 414 g/mol. The molecule has 30 heavy (non-hydrogen) atoms. The van der Waals surface area contributed by atoms with Gasteiger partial charge in [0, 0.05) is 17.7 Å². The molecule has 1 atom stereocenters. The van der Waals surface area contributed by atoms with Crippen LogP contribution in [0.1, 0.15) is 12.0 Å². The molecule has 0 saturated carbocycles. The molecular formula is C24H18N2O3S. The molecule has 0 bridgehead atoms. The number of benzene rings is 3. The largest absolute Gasteiger partial charge is 0.436 e. The first-order chi connectivity index (χ1) is 14.7. The molecule has 5 nitrogen and oxygen atoms in total. The van der Waals surface area contributed by atoms with Gasteiger partial charge in [-0.2, -0.15) is 0 Å². The first-order valence-corrected chi connectivity index (χ1v) is 10.7. The fraction of sp³-hybridized carbons (Fsp3) is 0.125. The maximum Gasteiger partial charge on any atom is 0.247 e. The van der Waals surface area contributed by atoms with E-state index in [4.69, 9.17) is 4.42 Å². The highest BCUT2D eigenvalue weighted by atomic mass is 32.2. The number of carbonyl (C=O) groups is 2. The Morgan fingerprint density at radius 2 is 1.67 bits per heavy atom. The summed E-state index contributed by atoms with van der Waals surface area (Å²) in [5.74, 6) is 0.892. The van der Waals surface area contributed by atoms with E-state index in [2.05, 4.69) is 4.98 Å². The van der Waals surface area contributed by atoms with E-state index in [-0.39, 0.29) is 23.5 Å². The van der Waals surface area contributed by atoms with Crippen molar-refractivity contribution in [1.29, 1.82) is 0 Å². The average Bonchev–Trinajstić information content (AvgIpc) is 3.33. The number of nitrogens with zero attached hydrogens (tertiary/aromatic N) is 2. The predicted octanol–water partition coefficient (Wildman–Crippen LogP) is 5.06. The van der Waals surface area contributed by atoms with Gasteiger partial charge < -0.3 is 4.42 Å². The van der Waals surface area contributed by atoms with E-state index < -0.39 is 0 Å². The van der Waals surface area contributed by atoms with Gasteiger partial charge in [0.2, 0.25) is 17.7 Å². The number of aromatic nitrogens is 1. The smallest absolute Gasteiger partial charge is 0.247 e. The summed E-state index contributed by atoms with van der Waals surface area (Å²) >= 11 is 1.51. The Hall–Kier alpha value is -3.38. The Balaban J connectivity index is 1.32. The van der Waals surface area contributed by atoms with Crippen LogP contribution in [0.25, 0.3) is 22.6 Å². The lowest BCUT2D eigenvalue weighted by atomic mass is 10.2. The predicted molar refractivity (Wildman–Crippen MR) is 118 cm³/mol. The zero-order valence-corrected chi connectivity index (χ0v) is 16.8. The van der Waals surface area contributed by atoms with Crippen LogP contribution >= 0.6 is 11.8 Å². The van der Waals surface area contributed by atoms with Gasteiger partial charge in [0.15, 0.2) is 5.58 Å². The highest BCUT2D eigenvalue weighted by Gasteiger charge is 2.39. The molecule has 6 heteroatoms. The van der Waals surface area contributed by atoms with E-state index in [0.29, 0.717) is 17.3 Å². The van der Waals surface area contributed by atoms with E-state index in [1.807, 2.05) is 66.7 Å². The maximum atomic E-state index is 12.9. The molecule has 1 aliphatic heterocycles.